The van der Waals surface area contributed by atoms with Gasteiger partial charge in [0.05, 0.1) is 0 Å². The van der Waals surface area contributed by atoms with E-state index in [1.54, 1.807) is 0 Å². The van der Waals surface area contributed by atoms with Gasteiger partial charge in [-0.2, -0.15) is 0 Å². The first-order valence-corrected chi connectivity index (χ1v) is 7.23. The van der Waals surface area contributed by atoms with Crippen molar-refractivity contribution >= 4 is 0 Å². The van der Waals surface area contributed by atoms with E-state index in [0.717, 1.165) is 23.6 Å². The zero-order valence-electron chi connectivity index (χ0n) is 11.6. The lowest BCUT2D eigenvalue weighted by atomic mass is 9.83. The number of para-hydroxylation sites is 1. The van der Waals surface area contributed by atoms with Crippen molar-refractivity contribution in [3.8, 4) is 5.75 Å². The molecule has 0 heterocycles. The van der Waals surface area contributed by atoms with E-state index in [1.165, 1.54) is 32.1 Å². The number of phenolic OH excluding ortho intramolecular Hbond substituents is 1. The standard InChI is InChI=1S/C16H25NO/c1-3-13-8-4-5-10-15(13)17-11-14-9-6-7-12(2)16(14)18/h6-7,9,13,15,17-18H,3-5,8,10-11H2,1-2H3. The number of benzene rings is 1. The molecule has 0 spiro atoms. The van der Waals surface area contributed by atoms with Crippen molar-refractivity contribution in [2.45, 2.75) is 58.5 Å². The van der Waals surface area contributed by atoms with Crippen molar-refractivity contribution in [3.63, 3.8) is 0 Å². The van der Waals surface area contributed by atoms with Crippen molar-refractivity contribution in [1.82, 2.24) is 5.32 Å². The van der Waals surface area contributed by atoms with Crippen LogP contribution in [-0.4, -0.2) is 11.1 Å². The van der Waals surface area contributed by atoms with Gasteiger partial charge >= 0.3 is 0 Å². The predicted octanol–water partition coefficient (Wildman–Crippen LogP) is 3.76. The Bertz CT molecular complexity index is 389. The number of aryl methyl sites for hydroxylation is 1. The fourth-order valence-electron chi connectivity index (χ4n) is 3.07. The molecule has 2 atom stereocenters. The molecule has 18 heavy (non-hydrogen) atoms. The minimum absolute atomic E-state index is 0.453. The molecule has 1 fully saturated rings. The lowest BCUT2D eigenvalue weighted by Crippen LogP contribution is -2.37. The first-order chi connectivity index (χ1) is 8.72. The number of hydrogen-bond acceptors (Lipinski definition) is 2. The summed E-state index contributed by atoms with van der Waals surface area (Å²) in [7, 11) is 0. The summed E-state index contributed by atoms with van der Waals surface area (Å²) >= 11 is 0. The summed E-state index contributed by atoms with van der Waals surface area (Å²) in [5, 5.41) is 13.7. The highest BCUT2D eigenvalue weighted by atomic mass is 16.3. The summed E-state index contributed by atoms with van der Waals surface area (Å²) < 4.78 is 0. The number of nitrogens with one attached hydrogen (secondary N) is 1. The molecule has 0 saturated heterocycles. The first-order valence-electron chi connectivity index (χ1n) is 7.23. The van der Waals surface area contributed by atoms with Gasteiger partial charge in [0.1, 0.15) is 5.75 Å². The van der Waals surface area contributed by atoms with Gasteiger partial charge < -0.3 is 10.4 Å². The second-order valence-corrected chi connectivity index (χ2v) is 5.52. The maximum absolute atomic E-state index is 10.0. The maximum Gasteiger partial charge on any atom is 0.122 e. The van der Waals surface area contributed by atoms with Crippen LogP contribution in [0.4, 0.5) is 0 Å². The van der Waals surface area contributed by atoms with Crippen LogP contribution in [0.25, 0.3) is 0 Å². The van der Waals surface area contributed by atoms with Gasteiger partial charge in [-0.25, -0.2) is 0 Å². The van der Waals surface area contributed by atoms with Crippen molar-refractivity contribution < 1.29 is 5.11 Å². The molecule has 0 aliphatic heterocycles. The Morgan fingerprint density at radius 1 is 1.28 bits per heavy atom. The molecule has 1 saturated carbocycles. The van der Waals surface area contributed by atoms with E-state index in [2.05, 4.69) is 12.2 Å². The van der Waals surface area contributed by atoms with Crippen molar-refractivity contribution in [2.75, 3.05) is 0 Å². The molecule has 2 N–H and O–H groups in total. The maximum atomic E-state index is 10.0. The molecule has 1 aromatic rings. The number of rotatable bonds is 4. The average Bonchev–Trinajstić information content (AvgIpc) is 2.41. The minimum atomic E-state index is 0.453. The highest BCUT2D eigenvalue weighted by molar-refractivity contribution is 5.39. The SMILES string of the molecule is CCC1CCCCC1NCc1cccc(C)c1O. The minimum Gasteiger partial charge on any atom is -0.507 e. The van der Waals surface area contributed by atoms with Crippen molar-refractivity contribution in [2.24, 2.45) is 5.92 Å². The summed E-state index contributed by atoms with van der Waals surface area (Å²) in [5.41, 5.74) is 1.99. The summed E-state index contributed by atoms with van der Waals surface area (Å²) in [6.45, 7) is 5.03. The Morgan fingerprint density at radius 3 is 2.83 bits per heavy atom. The molecule has 2 heteroatoms. The lowest BCUT2D eigenvalue weighted by Gasteiger charge is -2.31. The molecule has 0 aromatic heterocycles. The molecule has 0 radical (unpaired) electrons. The zero-order chi connectivity index (χ0) is 13.0. The third-order valence-electron chi connectivity index (χ3n) is 4.31. The van der Waals surface area contributed by atoms with Gasteiger partial charge in [-0.1, -0.05) is 44.4 Å². The van der Waals surface area contributed by atoms with E-state index in [0.29, 0.717) is 11.8 Å². The predicted molar refractivity (Wildman–Crippen MR) is 75.7 cm³/mol. The smallest absolute Gasteiger partial charge is 0.122 e. The van der Waals surface area contributed by atoms with E-state index in [9.17, 15) is 5.11 Å². The molecule has 1 aliphatic rings. The highest BCUT2D eigenvalue weighted by Crippen LogP contribution is 2.28. The third-order valence-corrected chi connectivity index (χ3v) is 4.31. The van der Waals surface area contributed by atoms with E-state index in [1.807, 2.05) is 25.1 Å². The summed E-state index contributed by atoms with van der Waals surface area (Å²) in [4.78, 5) is 0. The van der Waals surface area contributed by atoms with Gasteiger partial charge in [0.15, 0.2) is 0 Å². The van der Waals surface area contributed by atoms with Crippen LogP contribution in [-0.2, 0) is 6.54 Å². The van der Waals surface area contributed by atoms with Gasteiger partial charge in [0.2, 0.25) is 0 Å². The van der Waals surface area contributed by atoms with Crippen LogP contribution in [0.1, 0.15) is 50.2 Å². The third kappa shape index (κ3) is 3.05. The normalized spacial score (nSPS) is 24.1. The molecule has 100 valence electrons. The Kier molecular flexibility index (Phi) is 4.65. The van der Waals surface area contributed by atoms with Crippen molar-refractivity contribution in [1.29, 1.82) is 0 Å². The lowest BCUT2D eigenvalue weighted by molar-refractivity contribution is 0.253. The quantitative estimate of drug-likeness (QED) is 0.849. The largest absolute Gasteiger partial charge is 0.507 e. The zero-order valence-corrected chi connectivity index (χ0v) is 11.6. The number of hydrogen-bond donors (Lipinski definition) is 2. The fourth-order valence-corrected chi connectivity index (χ4v) is 3.07. The Hall–Kier alpha value is -1.02. The molecular weight excluding hydrogens is 222 g/mol. The van der Waals surface area contributed by atoms with Gasteiger partial charge in [0, 0.05) is 18.2 Å². The monoisotopic (exact) mass is 247 g/mol. The Morgan fingerprint density at radius 2 is 2.06 bits per heavy atom. The van der Waals surface area contributed by atoms with Crippen LogP contribution < -0.4 is 5.32 Å². The Balaban J connectivity index is 1.96. The van der Waals surface area contributed by atoms with E-state index >= 15 is 0 Å². The summed E-state index contributed by atoms with van der Waals surface area (Å²) in [6.07, 6.45) is 6.62. The van der Waals surface area contributed by atoms with Gasteiger partial charge in [-0.3, -0.25) is 0 Å². The highest BCUT2D eigenvalue weighted by Gasteiger charge is 2.23. The van der Waals surface area contributed by atoms with Crippen molar-refractivity contribution in [3.05, 3.63) is 29.3 Å². The molecule has 0 amide bonds. The van der Waals surface area contributed by atoms with Crippen LogP contribution in [0.15, 0.2) is 18.2 Å². The molecule has 0 bridgehead atoms. The van der Waals surface area contributed by atoms with Gasteiger partial charge in [-0.15, -0.1) is 0 Å². The van der Waals surface area contributed by atoms with E-state index in [4.69, 9.17) is 0 Å². The molecule has 2 nitrogen and oxygen atoms in total. The Labute approximate surface area is 110 Å². The molecular formula is C16H25NO. The first kappa shape index (κ1) is 13.4. The number of aromatic hydroxyl groups is 1. The van der Waals surface area contributed by atoms with Crippen LogP contribution in [0.3, 0.4) is 0 Å². The molecule has 1 aromatic carbocycles. The molecule has 2 unspecified atom stereocenters. The van der Waals surface area contributed by atoms with Crippen LogP contribution in [0.2, 0.25) is 0 Å². The fraction of sp³-hybridized carbons (Fsp3) is 0.625. The van der Waals surface area contributed by atoms with Crippen LogP contribution in [0.5, 0.6) is 5.75 Å². The topological polar surface area (TPSA) is 32.3 Å². The number of phenols is 1. The second-order valence-electron chi connectivity index (χ2n) is 5.52. The van der Waals surface area contributed by atoms with Crippen LogP contribution >= 0.6 is 0 Å². The second kappa shape index (κ2) is 6.24. The van der Waals surface area contributed by atoms with E-state index < -0.39 is 0 Å². The summed E-state index contributed by atoms with van der Waals surface area (Å²) in [6, 6.07) is 6.61. The molecule has 2 rings (SSSR count). The van der Waals surface area contributed by atoms with E-state index in [-0.39, 0.29) is 0 Å². The molecule has 1 aliphatic carbocycles. The van der Waals surface area contributed by atoms with Gasteiger partial charge in [-0.05, 0) is 31.2 Å². The van der Waals surface area contributed by atoms with Gasteiger partial charge in [0.25, 0.3) is 0 Å². The average molecular weight is 247 g/mol. The van der Waals surface area contributed by atoms with Crippen LogP contribution in [0, 0.1) is 12.8 Å². The summed E-state index contributed by atoms with van der Waals surface area (Å²) in [5.74, 6) is 1.26.